The van der Waals surface area contributed by atoms with Crippen LogP contribution in [0.5, 0.6) is 11.5 Å². The zero-order valence-corrected chi connectivity index (χ0v) is 36.8. The summed E-state index contributed by atoms with van der Waals surface area (Å²) in [7, 11) is 0. The normalized spacial score (nSPS) is 17.3. The smallest absolute Gasteiger partial charge is 0.208 e. The summed E-state index contributed by atoms with van der Waals surface area (Å²) in [4.78, 5) is 18.8. The summed E-state index contributed by atoms with van der Waals surface area (Å²) in [6, 6.07) is 24.1. The molecule has 336 valence electrons. The van der Waals surface area contributed by atoms with Gasteiger partial charge in [0.1, 0.15) is 34.4 Å². The Morgan fingerprint density at radius 2 is 1.12 bits per heavy atom. The van der Waals surface area contributed by atoms with Crippen molar-refractivity contribution in [2.45, 2.75) is 58.3 Å². The monoisotopic (exact) mass is 888 g/mol. The van der Waals surface area contributed by atoms with Crippen LogP contribution >= 0.6 is 0 Å². The van der Waals surface area contributed by atoms with Crippen LogP contribution in [0.2, 0.25) is 0 Å². The first-order valence-electron chi connectivity index (χ1n) is 22.6. The lowest BCUT2D eigenvalue weighted by Crippen LogP contribution is -2.34. The van der Waals surface area contributed by atoms with Gasteiger partial charge < -0.3 is 35.5 Å². The van der Waals surface area contributed by atoms with Gasteiger partial charge in [0.25, 0.3) is 0 Å². The van der Waals surface area contributed by atoms with Crippen molar-refractivity contribution >= 4 is 23.2 Å². The fraction of sp³-hybridized carbons (Fsp3) is 0.294. The summed E-state index contributed by atoms with van der Waals surface area (Å²) >= 11 is 0. The van der Waals surface area contributed by atoms with Gasteiger partial charge in [-0.1, -0.05) is 48.5 Å². The minimum atomic E-state index is -0.232. The average molecular weight is 889 g/mol. The van der Waals surface area contributed by atoms with Gasteiger partial charge >= 0.3 is 0 Å². The minimum Gasteiger partial charge on any atom is -0.493 e. The summed E-state index contributed by atoms with van der Waals surface area (Å²) in [6.45, 7) is 9.15. The van der Waals surface area contributed by atoms with E-state index in [1.165, 1.54) is 29.7 Å². The molecule has 2 unspecified atom stereocenters. The van der Waals surface area contributed by atoms with Gasteiger partial charge in [-0.25, -0.2) is 28.7 Å². The first kappa shape index (κ1) is 41.7. The molecule has 13 nitrogen and oxygen atoms in total. The van der Waals surface area contributed by atoms with Crippen LogP contribution in [0.25, 0.3) is 33.5 Å². The largest absolute Gasteiger partial charge is 0.493 e. The topological polar surface area (TPSA) is 136 Å². The molecule has 8 aromatic rings. The van der Waals surface area contributed by atoms with E-state index in [0.717, 1.165) is 93.7 Å². The number of ether oxygens (including phenoxy) is 3. The van der Waals surface area contributed by atoms with Gasteiger partial charge in [-0.3, -0.25) is 8.80 Å². The molecule has 0 aliphatic carbocycles. The highest BCUT2D eigenvalue weighted by atomic mass is 19.1. The molecule has 4 aliphatic rings. The molecule has 15 heteroatoms. The van der Waals surface area contributed by atoms with Crippen LogP contribution in [0.3, 0.4) is 0 Å². The summed E-state index contributed by atoms with van der Waals surface area (Å²) in [5.74, 6) is 2.34. The molecule has 0 bridgehead atoms. The van der Waals surface area contributed by atoms with Crippen molar-refractivity contribution < 1.29 is 23.0 Å². The van der Waals surface area contributed by atoms with E-state index in [0.29, 0.717) is 68.4 Å². The highest BCUT2D eigenvalue weighted by Gasteiger charge is 2.23. The lowest BCUT2D eigenvalue weighted by Gasteiger charge is -2.28. The number of hydrogen-bond acceptors (Lipinski definition) is 11. The van der Waals surface area contributed by atoms with Crippen LogP contribution in [0.4, 0.5) is 20.7 Å². The molecule has 12 rings (SSSR count). The molecule has 0 radical (unpaired) electrons. The number of benzene rings is 4. The van der Waals surface area contributed by atoms with Crippen molar-refractivity contribution in [3.63, 3.8) is 0 Å². The van der Waals surface area contributed by atoms with Gasteiger partial charge in [0.15, 0.2) is 0 Å². The van der Waals surface area contributed by atoms with E-state index in [2.05, 4.69) is 79.8 Å². The third-order valence-electron chi connectivity index (χ3n) is 12.9. The molecule has 0 amide bonds. The molecular weight excluding hydrogens is 839 g/mol. The van der Waals surface area contributed by atoms with Crippen molar-refractivity contribution in [3.05, 3.63) is 154 Å². The number of nitrogens with zero attached hydrogens (tertiary/aromatic N) is 6. The van der Waals surface area contributed by atoms with Crippen LogP contribution in [-0.4, -0.2) is 68.3 Å². The van der Waals surface area contributed by atoms with Crippen molar-refractivity contribution in [1.29, 1.82) is 0 Å². The Balaban J connectivity index is 0.000000146. The quantitative estimate of drug-likeness (QED) is 0.105. The maximum absolute atomic E-state index is 14.6. The number of fused-ring (bicyclic) bond motifs is 4. The van der Waals surface area contributed by atoms with Crippen molar-refractivity contribution in [2.75, 3.05) is 50.2 Å². The van der Waals surface area contributed by atoms with Crippen molar-refractivity contribution in [2.24, 2.45) is 0 Å². The summed E-state index contributed by atoms with van der Waals surface area (Å²) < 4.78 is 49.8. The van der Waals surface area contributed by atoms with Crippen LogP contribution in [0, 0.1) is 25.5 Å². The van der Waals surface area contributed by atoms with Crippen LogP contribution in [0.1, 0.15) is 63.3 Å². The van der Waals surface area contributed by atoms with Gasteiger partial charge in [0.2, 0.25) is 11.9 Å². The minimum absolute atomic E-state index is 0.214. The van der Waals surface area contributed by atoms with E-state index < -0.39 is 0 Å². The Labute approximate surface area is 380 Å². The summed E-state index contributed by atoms with van der Waals surface area (Å²) in [6.07, 6.45) is 10.2. The molecule has 2 fully saturated rings. The number of anilines is 2. The molecule has 0 spiro atoms. The number of halogens is 2. The first-order valence-corrected chi connectivity index (χ1v) is 22.6. The van der Waals surface area contributed by atoms with Crippen molar-refractivity contribution in [3.8, 4) is 33.8 Å². The number of aryl methyl sites for hydroxylation is 2. The zero-order valence-electron chi connectivity index (χ0n) is 36.8. The standard InChI is InChI=1S/C26H26FN5O2.C25H24FN5O/c1-16-14-32-25(31-16)20(17-2-4-18(5-3-17)23-15-33-11-9-28-23)12-29-26(32)30-13-21-19-8-10-34-24(19)7-6-22(21)27;1-15-14-31-24(30-15)19(16-2-4-17(5-3-16)22-8-10-27-22)12-28-25(31)29-13-20-18-9-11-32-23(18)7-6-21(20)26/h2-7,12,14,23,28H,8-11,13,15H2,1H3,(H,29,30);2-7,12,14,22,27H,8-11,13H2,1H3,(H,28,29). The molecule has 0 saturated carbocycles. The second-order valence-corrected chi connectivity index (χ2v) is 17.2. The predicted octanol–water partition coefficient (Wildman–Crippen LogP) is 8.48. The third kappa shape index (κ3) is 8.07. The van der Waals surface area contributed by atoms with Crippen LogP contribution in [0.15, 0.2) is 97.6 Å². The van der Waals surface area contributed by atoms with Crippen molar-refractivity contribution in [1.82, 2.24) is 39.4 Å². The Morgan fingerprint density at radius 3 is 1.58 bits per heavy atom. The number of aromatic nitrogens is 6. The average Bonchev–Trinajstić information content (AvgIpc) is 4.16. The molecule has 2 atom stereocenters. The highest BCUT2D eigenvalue weighted by molar-refractivity contribution is 5.79. The van der Waals surface area contributed by atoms with Gasteiger partial charge in [-0.15, -0.1) is 0 Å². The Morgan fingerprint density at radius 1 is 0.621 bits per heavy atom. The lowest BCUT2D eigenvalue weighted by molar-refractivity contribution is 0.0769. The van der Waals surface area contributed by atoms with E-state index in [1.807, 2.05) is 47.4 Å². The fourth-order valence-electron chi connectivity index (χ4n) is 9.35. The summed E-state index contributed by atoms with van der Waals surface area (Å²) in [5.41, 5.74) is 13.1. The van der Waals surface area contributed by atoms with E-state index in [4.69, 9.17) is 24.2 Å². The molecular formula is C51H50F2N10O3. The Bertz CT molecular complexity index is 3070. The predicted molar refractivity (Wildman–Crippen MR) is 249 cm³/mol. The third-order valence-corrected chi connectivity index (χ3v) is 12.9. The summed E-state index contributed by atoms with van der Waals surface area (Å²) in [5, 5.41) is 13.5. The Hall–Kier alpha value is -6.94. The zero-order chi connectivity index (χ0) is 44.7. The SMILES string of the molecule is Cc1cn2c(NCc3c(F)ccc4c3CCO4)ncc(-c3ccc(C4CCN4)cc3)c2n1.Cc1cn2c(NCc3c(F)ccc4c3CCO4)ncc(-c3ccc(C4COCCN4)cc3)c2n1. The Kier molecular flexibility index (Phi) is 11.3. The molecule has 4 aromatic carbocycles. The van der Waals surface area contributed by atoms with Gasteiger partial charge in [-0.05, 0) is 73.3 Å². The van der Waals surface area contributed by atoms with E-state index in [-0.39, 0.29) is 17.7 Å². The van der Waals surface area contributed by atoms with E-state index >= 15 is 0 Å². The number of morpholine rings is 1. The molecule has 8 heterocycles. The second kappa shape index (κ2) is 17.8. The second-order valence-electron chi connectivity index (χ2n) is 17.2. The van der Waals surface area contributed by atoms with Gasteiger partial charge in [0.05, 0.1) is 43.9 Å². The molecule has 4 aromatic heterocycles. The molecule has 2 saturated heterocycles. The van der Waals surface area contributed by atoms with E-state index in [9.17, 15) is 8.78 Å². The maximum atomic E-state index is 14.6. The molecule has 66 heavy (non-hydrogen) atoms. The number of nitrogens with one attached hydrogen (secondary N) is 4. The van der Waals surface area contributed by atoms with E-state index in [1.54, 1.807) is 12.1 Å². The van der Waals surface area contributed by atoms with Gasteiger partial charge in [-0.2, -0.15) is 0 Å². The highest BCUT2D eigenvalue weighted by Crippen LogP contribution is 2.34. The van der Waals surface area contributed by atoms with Crippen LogP contribution in [-0.2, 0) is 30.7 Å². The maximum Gasteiger partial charge on any atom is 0.208 e. The number of imidazole rings is 2. The number of rotatable bonds is 10. The fourth-order valence-corrected chi connectivity index (χ4v) is 9.35. The lowest BCUT2D eigenvalue weighted by atomic mass is 9.96. The first-order chi connectivity index (χ1) is 32.3. The molecule has 4 aliphatic heterocycles. The molecule has 4 N–H and O–H groups in total. The van der Waals surface area contributed by atoms with Gasteiger partial charge in [0, 0.05) is 96.7 Å². The number of hydrogen-bond donors (Lipinski definition) is 4. The van der Waals surface area contributed by atoms with Crippen LogP contribution < -0.4 is 30.7 Å².